The Morgan fingerprint density at radius 3 is 0.900 bits per heavy atom. The topological polar surface area (TPSA) is 0 Å². The van der Waals surface area contributed by atoms with Crippen molar-refractivity contribution in [3.05, 3.63) is 91.0 Å². The van der Waals surface area contributed by atoms with Gasteiger partial charge in [-0.15, -0.1) is 0 Å². The van der Waals surface area contributed by atoms with Crippen LogP contribution in [0.25, 0.3) is 0 Å². The molecule has 0 fully saturated rings. The van der Waals surface area contributed by atoms with Crippen molar-refractivity contribution in [1.82, 2.24) is 0 Å². The van der Waals surface area contributed by atoms with Crippen molar-refractivity contribution in [2.45, 2.75) is 0 Å². The molecule has 0 unspecified atom stereocenters. The first-order valence-corrected chi connectivity index (χ1v) is 7.74. The van der Waals surface area contributed by atoms with Gasteiger partial charge < -0.3 is 0 Å². The van der Waals surface area contributed by atoms with Gasteiger partial charge in [-0.1, -0.05) is 91.0 Å². The smallest absolute Gasteiger partial charge is 0.0622 e. The summed E-state index contributed by atoms with van der Waals surface area (Å²) in [6.45, 7) is 0. The number of benzene rings is 3. The predicted octanol–water partition coefficient (Wildman–Crippen LogP) is 3.44. The maximum Gasteiger partial charge on any atom is 2.00 e. The zero-order valence-corrected chi connectivity index (χ0v) is 13.6. The van der Waals surface area contributed by atoms with Crippen LogP contribution in [0.4, 0.5) is 0 Å². The Hall–Kier alpha value is -1.29. The second-order valence-electron chi connectivity index (χ2n) is 4.34. The molecule has 98 valence electrons. The number of hydrogen-bond donors (Lipinski definition) is 0. The molecule has 0 amide bonds. The van der Waals surface area contributed by atoms with Crippen molar-refractivity contribution in [2.75, 3.05) is 0 Å². The molecule has 0 spiro atoms. The van der Waals surface area contributed by atoms with E-state index in [2.05, 4.69) is 91.0 Å². The molecule has 3 rings (SSSR count). The Kier molecular flexibility index (Phi) is 5.65. The fourth-order valence-corrected chi connectivity index (χ4v) is 4.48. The van der Waals surface area contributed by atoms with Gasteiger partial charge in [-0.2, -0.15) is 0 Å². The summed E-state index contributed by atoms with van der Waals surface area (Å²) in [6, 6.07) is 32.3. The fraction of sp³-hybridized carbons (Fsp3) is 0. The van der Waals surface area contributed by atoms with Crippen molar-refractivity contribution in [2.24, 2.45) is 0 Å². The van der Waals surface area contributed by atoms with Crippen molar-refractivity contribution in [1.29, 1.82) is 0 Å². The maximum absolute atomic E-state index is 2.23. The molecular formula is C18H15PRu+2. The molecule has 0 bridgehead atoms. The minimum absolute atomic E-state index is 0. The molecule has 0 aliphatic rings. The minimum atomic E-state index is -0.446. The fourth-order valence-electron chi connectivity index (χ4n) is 2.18. The molecule has 3 aromatic carbocycles. The van der Waals surface area contributed by atoms with Crippen LogP contribution < -0.4 is 15.9 Å². The van der Waals surface area contributed by atoms with Crippen LogP contribution in [0.1, 0.15) is 0 Å². The second kappa shape index (κ2) is 7.48. The van der Waals surface area contributed by atoms with Gasteiger partial charge in [-0.05, 0) is 23.8 Å². The molecule has 0 nitrogen and oxygen atoms in total. The summed E-state index contributed by atoms with van der Waals surface area (Å²) in [5, 5.41) is 4.19. The van der Waals surface area contributed by atoms with E-state index in [1.807, 2.05) is 0 Å². The first-order chi connectivity index (χ1) is 9.45. The quantitative estimate of drug-likeness (QED) is 0.494. The molecular weight excluding hydrogens is 348 g/mol. The summed E-state index contributed by atoms with van der Waals surface area (Å²) in [5.41, 5.74) is 0. The van der Waals surface area contributed by atoms with Crippen molar-refractivity contribution >= 4 is 23.8 Å². The third-order valence-electron chi connectivity index (χ3n) is 3.04. The molecule has 0 atom stereocenters. The normalized spacial score (nSPS) is 10.1. The third-order valence-corrected chi connectivity index (χ3v) is 5.49. The molecule has 2 heteroatoms. The van der Waals surface area contributed by atoms with Gasteiger partial charge in [0.2, 0.25) is 0 Å². The van der Waals surface area contributed by atoms with E-state index >= 15 is 0 Å². The molecule has 0 radical (unpaired) electrons. The van der Waals surface area contributed by atoms with Crippen molar-refractivity contribution in [3.8, 4) is 0 Å². The van der Waals surface area contributed by atoms with Gasteiger partial charge in [0.1, 0.15) is 0 Å². The maximum atomic E-state index is 2.23. The summed E-state index contributed by atoms with van der Waals surface area (Å²) in [5.74, 6) is 0. The molecule has 0 aliphatic heterocycles. The molecule has 0 aromatic heterocycles. The van der Waals surface area contributed by atoms with Gasteiger partial charge in [-0.3, -0.25) is 0 Å². The summed E-state index contributed by atoms with van der Waals surface area (Å²) in [7, 11) is -0.446. The Bertz CT molecular complexity index is 529. The van der Waals surface area contributed by atoms with Gasteiger partial charge in [0.15, 0.2) is 0 Å². The predicted molar refractivity (Wildman–Crippen MR) is 85.1 cm³/mol. The Morgan fingerprint density at radius 1 is 0.400 bits per heavy atom. The van der Waals surface area contributed by atoms with E-state index in [1.165, 1.54) is 15.9 Å². The van der Waals surface area contributed by atoms with Crippen LogP contribution in [0.15, 0.2) is 91.0 Å². The van der Waals surface area contributed by atoms with Crippen LogP contribution >= 0.6 is 7.92 Å². The Labute approximate surface area is 134 Å². The van der Waals surface area contributed by atoms with Crippen LogP contribution in [-0.2, 0) is 19.5 Å². The van der Waals surface area contributed by atoms with E-state index in [-0.39, 0.29) is 19.5 Å². The van der Waals surface area contributed by atoms with E-state index in [4.69, 9.17) is 0 Å². The van der Waals surface area contributed by atoms with Crippen LogP contribution in [0.5, 0.6) is 0 Å². The van der Waals surface area contributed by atoms with Crippen molar-refractivity contribution < 1.29 is 19.5 Å². The average Bonchev–Trinajstić information content (AvgIpc) is 2.51. The van der Waals surface area contributed by atoms with Gasteiger partial charge in [0.25, 0.3) is 0 Å². The first kappa shape index (κ1) is 15.1. The number of hydrogen-bond acceptors (Lipinski definition) is 0. The van der Waals surface area contributed by atoms with E-state index in [1.54, 1.807) is 0 Å². The van der Waals surface area contributed by atoms with Gasteiger partial charge in [-0.25, -0.2) is 0 Å². The molecule has 0 saturated heterocycles. The van der Waals surface area contributed by atoms with E-state index in [0.29, 0.717) is 0 Å². The van der Waals surface area contributed by atoms with Gasteiger partial charge in [0, 0.05) is 0 Å². The zero-order valence-electron chi connectivity index (χ0n) is 11.0. The molecule has 20 heavy (non-hydrogen) atoms. The van der Waals surface area contributed by atoms with Crippen LogP contribution in [0.3, 0.4) is 0 Å². The Balaban J connectivity index is 0.00000147. The molecule has 3 aromatic rings. The molecule has 0 saturated carbocycles. The SMILES string of the molecule is [Ru+2].c1ccc(P(c2ccccc2)c2ccccc2)cc1. The third kappa shape index (κ3) is 3.42. The summed E-state index contributed by atoms with van der Waals surface area (Å²) in [4.78, 5) is 0. The Morgan fingerprint density at radius 2 is 0.650 bits per heavy atom. The van der Waals surface area contributed by atoms with Crippen LogP contribution in [0, 0.1) is 0 Å². The van der Waals surface area contributed by atoms with Gasteiger partial charge in [0.05, 0.1) is 0 Å². The van der Waals surface area contributed by atoms with Crippen LogP contribution in [-0.4, -0.2) is 0 Å². The van der Waals surface area contributed by atoms with Crippen LogP contribution in [0.2, 0.25) is 0 Å². The van der Waals surface area contributed by atoms with E-state index in [9.17, 15) is 0 Å². The number of rotatable bonds is 3. The molecule has 0 heterocycles. The van der Waals surface area contributed by atoms with E-state index < -0.39 is 7.92 Å². The summed E-state index contributed by atoms with van der Waals surface area (Å²) >= 11 is 0. The first-order valence-electron chi connectivity index (χ1n) is 6.40. The standard InChI is InChI=1S/C18H15P.Ru/c1-4-10-16(11-5-1)19(17-12-6-2-7-13-17)18-14-8-3-9-15-18;/h1-15H;/q;+2. The van der Waals surface area contributed by atoms with Gasteiger partial charge >= 0.3 is 19.5 Å². The average molecular weight is 363 g/mol. The summed E-state index contributed by atoms with van der Waals surface area (Å²) in [6.07, 6.45) is 0. The van der Waals surface area contributed by atoms with Crippen molar-refractivity contribution in [3.63, 3.8) is 0 Å². The molecule has 0 aliphatic carbocycles. The zero-order chi connectivity index (χ0) is 12.9. The second-order valence-corrected chi connectivity index (χ2v) is 6.56. The largest absolute Gasteiger partial charge is 2.00 e. The molecule has 0 N–H and O–H groups in total. The minimum Gasteiger partial charge on any atom is -0.0622 e. The van der Waals surface area contributed by atoms with E-state index in [0.717, 1.165) is 0 Å². The summed E-state index contributed by atoms with van der Waals surface area (Å²) < 4.78 is 0. The monoisotopic (exact) mass is 364 g/mol.